The van der Waals surface area contributed by atoms with Gasteiger partial charge in [-0.3, -0.25) is 0 Å². The molecule has 0 aromatic heterocycles. The molecule has 0 rings (SSSR count). The lowest BCUT2D eigenvalue weighted by molar-refractivity contribution is 0.205. The molecular weight excluding hydrogens is 238 g/mol. The van der Waals surface area contributed by atoms with E-state index in [2.05, 4.69) is 45.0 Å². The molecule has 19 heavy (non-hydrogen) atoms. The van der Waals surface area contributed by atoms with Crippen LogP contribution >= 0.6 is 0 Å². The molecule has 0 bridgehead atoms. The molecule has 0 spiro atoms. The lowest BCUT2D eigenvalue weighted by Crippen LogP contribution is -2.38. The number of unbranched alkanes of at least 4 members (excludes halogenated alkanes) is 1. The molecule has 1 N–H and O–H groups in total. The first-order valence-corrected chi connectivity index (χ1v) is 7.53. The van der Waals surface area contributed by atoms with Crippen LogP contribution in [0.25, 0.3) is 0 Å². The summed E-state index contributed by atoms with van der Waals surface area (Å²) in [6.45, 7) is 11.5. The lowest BCUT2D eigenvalue weighted by Gasteiger charge is -2.21. The van der Waals surface area contributed by atoms with E-state index in [0.717, 1.165) is 38.9 Å². The van der Waals surface area contributed by atoms with Crippen molar-refractivity contribution in [2.24, 2.45) is 5.92 Å². The van der Waals surface area contributed by atoms with Gasteiger partial charge in [0.15, 0.2) is 0 Å². The maximum absolute atomic E-state index is 11.8. The summed E-state index contributed by atoms with van der Waals surface area (Å²) in [6, 6.07) is 0.648. The van der Waals surface area contributed by atoms with Crippen LogP contribution in [-0.4, -0.2) is 55.6 Å². The summed E-state index contributed by atoms with van der Waals surface area (Å²) < 4.78 is 0. The number of nitrogens with zero attached hydrogens (tertiary/aromatic N) is 2. The second kappa shape index (κ2) is 10.1. The zero-order chi connectivity index (χ0) is 14.8. The van der Waals surface area contributed by atoms with E-state index in [0.29, 0.717) is 12.0 Å². The van der Waals surface area contributed by atoms with E-state index in [1.165, 1.54) is 0 Å². The van der Waals surface area contributed by atoms with Crippen molar-refractivity contribution < 1.29 is 4.79 Å². The first-order valence-electron chi connectivity index (χ1n) is 7.53. The fraction of sp³-hybridized carbons (Fsp3) is 0.933. The molecule has 0 aliphatic carbocycles. The van der Waals surface area contributed by atoms with Crippen molar-refractivity contribution in [1.29, 1.82) is 0 Å². The Morgan fingerprint density at radius 3 is 2.21 bits per heavy atom. The summed E-state index contributed by atoms with van der Waals surface area (Å²) in [5.74, 6) is 0.641. The number of nitrogens with one attached hydrogen (secondary N) is 1. The van der Waals surface area contributed by atoms with Gasteiger partial charge < -0.3 is 15.1 Å². The Bertz CT molecular complexity index is 242. The number of amides is 2. The minimum Gasteiger partial charge on any atom is -0.338 e. The molecule has 0 unspecified atom stereocenters. The molecule has 0 atom stereocenters. The van der Waals surface area contributed by atoms with Crippen molar-refractivity contribution >= 4 is 6.03 Å². The van der Waals surface area contributed by atoms with Crippen molar-refractivity contribution in [2.75, 3.05) is 33.7 Å². The maximum atomic E-state index is 11.8. The van der Waals surface area contributed by atoms with Crippen molar-refractivity contribution in [1.82, 2.24) is 15.1 Å². The second-order valence-corrected chi connectivity index (χ2v) is 6.12. The molecule has 0 aromatic rings. The highest BCUT2D eigenvalue weighted by atomic mass is 16.2. The Morgan fingerprint density at radius 2 is 1.68 bits per heavy atom. The highest BCUT2D eigenvalue weighted by Crippen LogP contribution is 2.01. The number of rotatable bonds is 9. The van der Waals surface area contributed by atoms with Gasteiger partial charge >= 0.3 is 6.03 Å². The average Bonchev–Trinajstić information content (AvgIpc) is 2.34. The smallest absolute Gasteiger partial charge is 0.317 e. The summed E-state index contributed by atoms with van der Waals surface area (Å²) in [4.78, 5) is 15.9. The Morgan fingerprint density at radius 1 is 1.05 bits per heavy atom. The van der Waals surface area contributed by atoms with E-state index in [4.69, 9.17) is 0 Å². The molecule has 4 heteroatoms. The molecular formula is C15H33N3O. The molecule has 0 aromatic carbocycles. The normalized spacial score (nSPS) is 11.4. The molecule has 4 nitrogen and oxygen atoms in total. The number of hydrogen-bond donors (Lipinski definition) is 1. The van der Waals surface area contributed by atoms with Crippen LogP contribution in [0.3, 0.4) is 0 Å². The SMILES string of the molecule is CC(C)CCN(C)C(=O)NCCCCN(C)C(C)C. The van der Waals surface area contributed by atoms with Gasteiger partial charge in [-0.25, -0.2) is 4.79 Å². The van der Waals surface area contributed by atoms with E-state index < -0.39 is 0 Å². The molecule has 2 amide bonds. The van der Waals surface area contributed by atoms with E-state index in [-0.39, 0.29) is 6.03 Å². The fourth-order valence-electron chi connectivity index (χ4n) is 1.63. The van der Waals surface area contributed by atoms with Gasteiger partial charge in [-0.1, -0.05) is 13.8 Å². The molecule has 0 saturated heterocycles. The largest absolute Gasteiger partial charge is 0.338 e. The van der Waals surface area contributed by atoms with Crippen molar-refractivity contribution in [2.45, 2.75) is 53.0 Å². The zero-order valence-corrected chi connectivity index (χ0v) is 13.7. The molecule has 0 saturated carbocycles. The van der Waals surface area contributed by atoms with Crippen LogP contribution < -0.4 is 5.32 Å². The van der Waals surface area contributed by atoms with Gasteiger partial charge in [0.05, 0.1) is 0 Å². The topological polar surface area (TPSA) is 35.6 Å². The predicted octanol–water partition coefficient (Wildman–Crippen LogP) is 2.79. The molecule has 0 fully saturated rings. The van der Waals surface area contributed by atoms with E-state index in [1.807, 2.05) is 7.05 Å². The lowest BCUT2D eigenvalue weighted by atomic mass is 10.1. The standard InChI is InChI=1S/C15H33N3O/c1-13(2)9-12-18(6)15(19)16-10-7-8-11-17(5)14(3)4/h13-14H,7-12H2,1-6H3,(H,16,19). The first kappa shape index (κ1) is 18.2. The quantitative estimate of drug-likeness (QED) is 0.655. The monoisotopic (exact) mass is 271 g/mol. The second-order valence-electron chi connectivity index (χ2n) is 6.12. The van der Waals surface area contributed by atoms with E-state index >= 15 is 0 Å². The number of hydrogen-bond acceptors (Lipinski definition) is 2. The third-order valence-corrected chi connectivity index (χ3v) is 3.48. The van der Waals surface area contributed by atoms with Gasteiger partial charge in [0, 0.05) is 26.2 Å². The van der Waals surface area contributed by atoms with Crippen molar-refractivity contribution in [3.05, 3.63) is 0 Å². The van der Waals surface area contributed by atoms with Crippen molar-refractivity contribution in [3.63, 3.8) is 0 Å². The van der Waals surface area contributed by atoms with Gasteiger partial charge in [-0.15, -0.1) is 0 Å². The zero-order valence-electron chi connectivity index (χ0n) is 13.7. The van der Waals surface area contributed by atoms with Gasteiger partial charge in [-0.05, 0) is 52.6 Å². The van der Waals surface area contributed by atoms with Gasteiger partial charge in [-0.2, -0.15) is 0 Å². The molecule has 0 aliphatic heterocycles. The summed E-state index contributed by atoms with van der Waals surface area (Å²) in [7, 11) is 4.01. The number of urea groups is 1. The molecule has 0 radical (unpaired) electrons. The number of carbonyl (C=O) groups excluding carboxylic acids is 1. The average molecular weight is 271 g/mol. The van der Waals surface area contributed by atoms with Crippen LogP contribution in [0.1, 0.15) is 47.0 Å². The fourth-order valence-corrected chi connectivity index (χ4v) is 1.63. The van der Waals surface area contributed by atoms with Crippen LogP contribution in [-0.2, 0) is 0 Å². The highest BCUT2D eigenvalue weighted by Gasteiger charge is 2.08. The Balaban J connectivity index is 3.57. The van der Waals surface area contributed by atoms with Gasteiger partial charge in [0.2, 0.25) is 0 Å². The molecule has 0 aliphatic rings. The minimum absolute atomic E-state index is 0.0536. The Hall–Kier alpha value is -0.770. The van der Waals surface area contributed by atoms with Crippen molar-refractivity contribution in [3.8, 4) is 0 Å². The summed E-state index contributed by atoms with van der Waals surface area (Å²) in [6.07, 6.45) is 3.23. The molecule has 114 valence electrons. The summed E-state index contributed by atoms with van der Waals surface area (Å²) in [5.41, 5.74) is 0. The van der Waals surface area contributed by atoms with Crippen LogP contribution in [0.4, 0.5) is 4.79 Å². The highest BCUT2D eigenvalue weighted by molar-refractivity contribution is 5.73. The Kier molecular flexibility index (Phi) is 9.66. The Labute approximate surface area is 119 Å². The molecule has 0 heterocycles. The van der Waals surface area contributed by atoms with Crippen LogP contribution in [0, 0.1) is 5.92 Å². The number of carbonyl (C=O) groups is 1. The summed E-state index contributed by atoms with van der Waals surface area (Å²) in [5, 5.41) is 2.98. The van der Waals surface area contributed by atoms with E-state index in [9.17, 15) is 4.79 Å². The first-order chi connectivity index (χ1) is 8.84. The third kappa shape index (κ3) is 9.77. The van der Waals surface area contributed by atoms with Crippen LogP contribution in [0.15, 0.2) is 0 Å². The maximum Gasteiger partial charge on any atom is 0.317 e. The summed E-state index contributed by atoms with van der Waals surface area (Å²) >= 11 is 0. The minimum atomic E-state index is 0.0536. The third-order valence-electron chi connectivity index (χ3n) is 3.48. The van der Waals surface area contributed by atoms with E-state index in [1.54, 1.807) is 4.90 Å². The van der Waals surface area contributed by atoms with Crippen LogP contribution in [0.2, 0.25) is 0 Å². The van der Waals surface area contributed by atoms with Crippen LogP contribution in [0.5, 0.6) is 0 Å². The van der Waals surface area contributed by atoms with Gasteiger partial charge in [0.1, 0.15) is 0 Å². The predicted molar refractivity (Wildman–Crippen MR) is 82.5 cm³/mol. The van der Waals surface area contributed by atoms with Gasteiger partial charge in [0.25, 0.3) is 0 Å².